The smallest absolute Gasteiger partial charge is 0.226 e. The van der Waals surface area contributed by atoms with E-state index in [2.05, 4.69) is 12.1 Å². The summed E-state index contributed by atoms with van der Waals surface area (Å²) in [4.78, 5) is 13.7. The maximum Gasteiger partial charge on any atom is 0.226 e. The van der Waals surface area contributed by atoms with Crippen molar-refractivity contribution < 1.29 is 10.0 Å². The molecule has 110 valence electrons. The van der Waals surface area contributed by atoms with Crippen LogP contribution in [0, 0.1) is 0 Å². The maximum atomic E-state index is 12.0. The van der Waals surface area contributed by atoms with Crippen molar-refractivity contribution in [2.24, 2.45) is 10.9 Å². The number of nitrogens with two attached hydrogens (primary N) is 1. The monoisotopic (exact) mass is 277 g/mol. The van der Waals surface area contributed by atoms with E-state index in [-0.39, 0.29) is 11.7 Å². The Balaban J connectivity index is 2.58. The van der Waals surface area contributed by atoms with Gasteiger partial charge in [-0.2, -0.15) is 0 Å². The Morgan fingerprint density at radius 1 is 1.25 bits per heavy atom. The molecule has 0 saturated carbocycles. The molecule has 5 nitrogen and oxygen atoms in total. The molecule has 20 heavy (non-hydrogen) atoms. The third-order valence-corrected chi connectivity index (χ3v) is 3.28. The average Bonchev–Trinajstić information content (AvgIpc) is 2.50. The molecule has 0 spiro atoms. The van der Waals surface area contributed by atoms with Crippen LogP contribution in [0.3, 0.4) is 0 Å². The van der Waals surface area contributed by atoms with E-state index in [1.807, 2.05) is 0 Å². The number of hydrogen-bond donors (Lipinski definition) is 2. The first kappa shape index (κ1) is 16.0. The minimum absolute atomic E-state index is 0.0603. The number of amides is 1. The van der Waals surface area contributed by atoms with Crippen LogP contribution in [0.15, 0.2) is 29.4 Å². The first-order valence-electron chi connectivity index (χ1n) is 6.94. The molecule has 0 aliphatic rings. The van der Waals surface area contributed by atoms with Crippen LogP contribution in [0.1, 0.15) is 44.6 Å². The zero-order chi connectivity index (χ0) is 15.0. The van der Waals surface area contributed by atoms with Crippen molar-refractivity contribution in [1.29, 1.82) is 0 Å². The van der Waals surface area contributed by atoms with Gasteiger partial charge < -0.3 is 15.8 Å². The van der Waals surface area contributed by atoms with E-state index in [9.17, 15) is 4.79 Å². The summed E-state index contributed by atoms with van der Waals surface area (Å²) in [6.07, 6.45) is 4.93. The highest BCUT2D eigenvalue weighted by Gasteiger charge is 2.10. The number of unbranched alkanes of at least 4 members (excludes halogenated alkanes) is 3. The lowest BCUT2D eigenvalue weighted by Crippen LogP contribution is -2.26. The number of oxime groups is 1. The molecule has 0 aliphatic carbocycles. The second-order valence-corrected chi connectivity index (χ2v) is 4.80. The zero-order valence-electron chi connectivity index (χ0n) is 12.2. The van der Waals surface area contributed by atoms with Crippen molar-refractivity contribution in [3.63, 3.8) is 0 Å². The Morgan fingerprint density at radius 3 is 2.45 bits per heavy atom. The quantitative estimate of drug-likeness (QED) is 0.264. The number of anilines is 1. The molecule has 1 aromatic rings. The molecular formula is C15H23N3O2. The van der Waals surface area contributed by atoms with Gasteiger partial charge in [-0.05, 0) is 30.7 Å². The van der Waals surface area contributed by atoms with Crippen LogP contribution in [0.2, 0.25) is 0 Å². The SMILES string of the molecule is CCCCCCC(=O)N(C)c1ccc(/C(N)=N/O)cc1. The lowest BCUT2D eigenvalue weighted by Gasteiger charge is -2.17. The summed E-state index contributed by atoms with van der Waals surface area (Å²) in [5.41, 5.74) is 6.92. The lowest BCUT2D eigenvalue weighted by atomic mass is 10.1. The third-order valence-electron chi connectivity index (χ3n) is 3.28. The van der Waals surface area contributed by atoms with E-state index in [4.69, 9.17) is 10.9 Å². The fourth-order valence-electron chi connectivity index (χ4n) is 1.93. The molecule has 5 heteroatoms. The largest absolute Gasteiger partial charge is 0.409 e. The standard InChI is InChI=1S/C15H23N3O2/c1-3-4-5-6-7-14(19)18(2)13-10-8-12(9-11-13)15(16)17-20/h8-11,20H,3-7H2,1-2H3,(H2,16,17). The number of hydrogen-bond acceptors (Lipinski definition) is 3. The van der Waals surface area contributed by atoms with Crippen molar-refractivity contribution >= 4 is 17.4 Å². The molecule has 0 atom stereocenters. The van der Waals surface area contributed by atoms with Crippen molar-refractivity contribution in [1.82, 2.24) is 0 Å². The topological polar surface area (TPSA) is 78.9 Å². The molecular weight excluding hydrogens is 254 g/mol. The molecule has 0 fully saturated rings. The Morgan fingerprint density at radius 2 is 1.90 bits per heavy atom. The lowest BCUT2D eigenvalue weighted by molar-refractivity contribution is -0.118. The predicted molar refractivity (Wildman–Crippen MR) is 81.1 cm³/mol. The van der Waals surface area contributed by atoms with Gasteiger partial charge in [0.25, 0.3) is 0 Å². The Kier molecular flexibility index (Phi) is 6.56. The van der Waals surface area contributed by atoms with Crippen LogP contribution in [0.5, 0.6) is 0 Å². The molecule has 0 heterocycles. The maximum absolute atomic E-state index is 12.0. The molecule has 0 bridgehead atoms. The van der Waals surface area contributed by atoms with Crippen LogP contribution in [-0.4, -0.2) is 24.0 Å². The molecule has 0 aliphatic heterocycles. The first-order chi connectivity index (χ1) is 9.60. The van der Waals surface area contributed by atoms with E-state index in [0.29, 0.717) is 12.0 Å². The molecule has 3 N–H and O–H groups in total. The average molecular weight is 277 g/mol. The van der Waals surface area contributed by atoms with Crippen LogP contribution >= 0.6 is 0 Å². The molecule has 0 aromatic heterocycles. The predicted octanol–water partition coefficient (Wildman–Crippen LogP) is 2.71. The van der Waals surface area contributed by atoms with Crippen LogP contribution < -0.4 is 10.6 Å². The molecule has 0 unspecified atom stereocenters. The number of amidine groups is 1. The van der Waals surface area contributed by atoms with Gasteiger partial charge in [-0.15, -0.1) is 0 Å². The van der Waals surface area contributed by atoms with E-state index in [0.717, 1.165) is 18.5 Å². The van der Waals surface area contributed by atoms with E-state index >= 15 is 0 Å². The summed E-state index contributed by atoms with van der Waals surface area (Å²) in [6.45, 7) is 2.15. The van der Waals surface area contributed by atoms with Crippen molar-refractivity contribution in [2.45, 2.75) is 39.0 Å². The van der Waals surface area contributed by atoms with E-state index < -0.39 is 0 Å². The normalized spacial score (nSPS) is 11.4. The molecule has 1 aromatic carbocycles. The highest BCUT2D eigenvalue weighted by atomic mass is 16.4. The van der Waals surface area contributed by atoms with Crippen molar-refractivity contribution in [3.8, 4) is 0 Å². The summed E-state index contributed by atoms with van der Waals surface area (Å²) in [7, 11) is 1.76. The third kappa shape index (κ3) is 4.57. The molecule has 0 saturated heterocycles. The van der Waals surface area contributed by atoms with Crippen LogP contribution in [-0.2, 0) is 4.79 Å². The van der Waals surface area contributed by atoms with Crippen LogP contribution in [0.4, 0.5) is 5.69 Å². The van der Waals surface area contributed by atoms with E-state index in [1.165, 1.54) is 12.8 Å². The van der Waals surface area contributed by atoms with Crippen molar-refractivity contribution in [2.75, 3.05) is 11.9 Å². The van der Waals surface area contributed by atoms with Gasteiger partial charge in [0.15, 0.2) is 5.84 Å². The van der Waals surface area contributed by atoms with Gasteiger partial charge in [0.1, 0.15) is 0 Å². The number of carbonyl (C=O) groups is 1. The summed E-state index contributed by atoms with van der Waals surface area (Å²) < 4.78 is 0. The number of carbonyl (C=O) groups excluding carboxylic acids is 1. The van der Waals surface area contributed by atoms with Gasteiger partial charge in [-0.25, -0.2) is 0 Å². The highest BCUT2D eigenvalue weighted by molar-refractivity contribution is 5.98. The Bertz CT molecular complexity index is 455. The van der Waals surface area contributed by atoms with Gasteiger partial charge >= 0.3 is 0 Å². The summed E-state index contributed by atoms with van der Waals surface area (Å²) in [6, 6.07) is 7.03. The van der Waals surface area contributed by atoms with Gasteiger partial charge in [-0.3, -0.25) is 4.79 Å². The minimum Gasteiger partial charge on any atom is -0.409 e. The summed E-state index contributed by atoms with van der Waals surface area (Å²) >= 11 is 0. The van der Waals surface area contributed by atoms with Crippen LogP contribution in [0.25, 0.3) is 0 Å². The summed E-state index contributed by atoms with van der Waals surface area (Å²) in [5, 5.41) is 11.5. The highest BCUT2D eigenvalue weighted by Crippen LogP contribution is 2.16. The number of nitrogens with zero attached hydrogens (tertiary/aromatic N) is 2. The number of benzene rings is 1. The molecule has 1 rings (SSSR count). The molecule has 1 amide bonds. The Hall–Kier alpha value is -2.04. The number of rotatable bonds is 7. The fraction of sp³-hybridized carbons (Fsp3) is 0.467. The Labute approximate surface area is 120 Å². The van der Waals surface area contributed by atoms with Crippen molar-refractivity contribution in [3.05, 3.63) is 29.8 Å². The second-order valence-electron chi connectivity index (χ2n) is 4.80. The molecule has 0 radical (unpaired) electrons. The fourth-order valence-corrected chi connectivity index (χ4v) is 1.93. The zero-order valence-corrected chi connectivity index (χ0v) is 12.2. The van der Waals surface area contributed by atoms with Gasteiger partial charge in [-0.1, -0.05) is 31.3 Å². The second kappa shape index (κ2) is 8.19. The van der Waals surface area contributed by atoms with Gasteiger partial charge in [0.2, 0.25) is 5.91 Å². The van der Waals surface area contributed by atoms with Gasteiger partial charge in [0, 0.05) is 24.7 Å². The van der Waals surface area contributed by atoms with Gasteiger partial charge in [0.05, 0.1) is 0 Å². The summed E-state index contributed by atoms with van der Waals surface area (Å²) in [5.74, 6) is 0.169. The first-order valence-corrected chi connectivity index (χ1v) is 6.94. The van der Waals surface area contributed by atoms with E-state index in [1.54, 1.807) is 36.2 Å². The minimum atomic E-state index is 0.0603.